The van der Waals surface area contributed by atoms with Gasteiger partial charge in [-0.25, -0.2) is 4.98 Å². The molecule has 0 atom stereocenters. The number of hydrogen-bond acceptors (Lipinski definition) is 4. The minimum absolute atomic E-state index is 0.178. The highest BCUT2D eigenvalue weighted by molar-refractivity contribution is 5.77. The molecule has 0 amide bonds. The van der Waals surface area contributed by atoms with Gasteiger partial charge in [0, 0.05) is 0 Å². The van der Waals surface area contributed by atoms with Crippen molar-refractivity contribution in [1.29, 1.82) is 0 Å². The first-order chi connectivity index (χ1) is 5.27. The Hall–Kier alpha value is -1.58. The summed E-state index contributed by atoms with van der Waals surface area (Å²) < 4.78 is 0. The van der Waals surface area contributed by atoms with E-state index in [1.54, 1.807) is 6.92 Å². The lowest BCUT2D eigenvalue weighted by atomic mass is 10.3. The van der Waals surface area contributed by atoms with Crippen molar-refractivity contribution < 1.29 is 9.59 Å². The minimum atomic E-state index is 0.178. The maximum Gasteiger partial charge on any atom is 0.170 e. The summed E-state index contributed by atoms with van der Waals surface area (Å²) in [7, 11) is 0. The summed E-state index contributed by atoms with van der Waals surface area (Å²) in [6.45, 7) is 1.66. The van der Waals surface area contributed by atoms with Crippen molar-refractivity contribution in [3.8, 4) is 0 Å². The van der Waals surface area contributed by atoms with Crippen LogP contribution in [0.5, 0.6) is 0 Å². The van der Waals surface area contributed by atoms with Gasteiger partial charge in [-0.1, -0.05) is 0 Å². The summed E-state index contributed by atoms with van der Waals surface area (Å²) in [6.07, 6.45) is 2.46. The zero-order valence-electron chi connectivity index (χ0n) is 5.94. The summed E-state index contributed by atoms with van der Waals surface area (Å²) in [6, 6.07) is 0. The second kappa shape index (κ2) is 3.01. The molecule has 0 N–H and O–H groups in total. The van der Waals surface area contributed by atoms with Gasteiger partial charge in [0.05, 0.1) is 11.9 Å². The van der Waals surface area contributed by atoms with Crippen LogP contribution in [0, 0.1) is 6.92 Å². The van der Waals surface area contributed by atoms with Crippen LogP contribution in [0.3, 0.4) is 0 Å². The standard InChI is InChI=1S/C7H6N2O2/c1-5-7(4-11)9-6(3-10)2-8-5/h2-4H,1H3. The molecule has 0 aliphatic rings. The van der Waals surface area contributed by atoms with Crippen LogP contribution in [0.4, 0.5) is 0 Å². The number of aldehydes is 2. The van der Waals surface area contributed by atoms with Crippen molar-refractivity contribution in [3.63, 3.8) is 0 Å². The van der Waals surface area contributed by atoms with Crippen LogP contribution in [0.1, 0.15) is 26.7 Å². The van der Waals surface area contributed by atoms with E-state index in [9.17, 15) is 9.59 Å². The number of carbonyl (C=O) groups excluding carboxylic acids is 2. The van der Waals surface area contributed by atoms with Gasteiger partial charge in [-0.3, -0.25) is 14.6 Å². The van der Waals surface area contributed by atoms with E-state index in [2.05, 4.69) is 9.97 Å². The quantitative estimate of drug-likeness (QED) is 0.573. The molecule has 0 aromatic carbocycles. The summed E-state index contributed by atoms with van der Waals surface area (Å²) in [5, 5.41) is 0. The second-order valence-electron chi connectivity index (χ2n) is 2.00. The van der Waals surface area contributed by atoms with Gasteiger partial charge in [0.25, 0.3) is 0 Å². The Balaban J connectivity index is 3.22. The molecule has 4 heteroatoms. The molecule has 0 saturated heterocycles. The van der Waals surface area contributed by atoms with Gasteiger partial charge in [0.1, 0.15) is 11.4 Å². The lowest BCUT2D eigenvalue weighted by molar-refractivity contribution is 0.111. The van der Waals surface area contributed by atoms with Crippen LogP contribution >= 0.6 is 0 Å². The summed E-state index contributed by atoms with van der Waals surface area (Å²) in [4.78, 5) is 28.0. The van der Waals surface area contributed by atoms with E-state index in [1.807, 2.05) is 0 Å². The summed E-state index contributed by atoms with van der Waals surface area (Å²) in [5.41, 5.74) is 0.929. The Bertz CT molecular complexity index is 296. The molecule has 0 aliphatic carbocycles. The average molecular weight is 150 g/mol. The molecular weight excluding hydrogens is 144 g/mol. The highest BCUT2D eigenvalue weighted by Gasteiger charge is 2.00. The fourth-order valence-corrected chi connectivity index (χ4v) is 0.646. The monoisotopic (exact) mass is 150 g/mol. The molecule has 0 saturated carbocycles. The molecule has 1 heterocycles. The molecule has 0 unspecified atom stereocenters. The highest BCUT2D eigenvalue weighted by Crippen LogP contribution is 1.97. The summed E-state index contributed by atoms with van der Waals surface area (Å²) in [5.74, 6) is 0. The molecule has 0 aliphatic heterocycles. The SMILES string of the molecule is Cc1ncc(C=O)nc1C=O. The van der Waals surface area contributed by atoms with Crippen LogP contribution in [-0.2, 0) is 0 Å². The van der Waals surface area contributed by atoms with Crippen molar-refractivity contribution in [2.24, 2.45) is 0 Å². The minimum Gasteiger partial charge on any atom is -0.296 e. The second-order valence-corrected chi connectivity index (χ2v) is 2.00. The zero-order chi connectivity index (χ0) is 8.27. The molecule has 11 heavy (non-hydrogen) atoms. The van der Waals surface area contributed by atoms with Crippen molar-refractivity contribution >= 4 is 12.6 Å². The number of hydrogen-bond donors (Lipinski definition) is 0. The van der Waals surface area contributed by atoms with Gasteiger partial charge in [-0.05, 0) is 6.92 Å². The summed E-state index contributed by atoms with van der Waals surface area (Å²) >= 11 is 0. The van der Waals surface area contributed by atoms with E-state index in [0.717, 1.165) is 0 Å². The molecule has 1 aromatic heterocycles. The van der Waals surface area contributed by atoms with Crippen molar-refractivity contribution in [2.45, 2.75) is 6.92 Å². The van der Waals surface area contributed by atoms with Gasteiger partial charge in [-0.15, -0.1) is 0 Å². The first-order valence-electron chi connectivity index (χ1n) is 3.02. The van der Waals surface area contributed by atoms with Crippen LogP contribution in [0.15, 0.2) is 6.20 Å². The van der Waals surface area contributed by atoms with Crippen molar-refractivity contribution in [3.05, 3.63) is 23.3 Å². The molecule has 0 bridgehead atoms. The van der Waals surface area contributed by atoms with Gasteiger partial charge in [0.2, 0.25) is 0 Å². The van der Waals surface area contributed by atoms with Crippen LogP contribution in [-0.4, -0.2) is 22.5 Å². The first kappa shape index (κ1) is 7.53. The maximum atomic E-state index is 10.3. The Kier molecular flexibility index (Phi) is 2.06. The van der Waals surface area contributed by atoms with Gasteiger partial charge in [-0.2, -0.15) is 0 Å². The molecule has 0 fully saturated rings. The third kappa shape index (κ3) is 1.46. The molecule has 1 aromatic rings. The molecule has 4 nitrogen and oxygen atoms in total. The topological polar surface area (TPSA) is 59.9 Å². The molecule has 0 spiro atoms. The Morgan fingerprint density at radius 2 is 2.09 bits per heavy atom. The van der Waals surface area contributed by atoms with E-state index in [4.69, 9.17) is 0 Å². The molecular formula is C7H6N2O2. The Labute approximate surface area is 63.3 Å². The van der Waals surface area contributed by atoms with Gasteiger partial charge >= 0.3 is 0 Å². The number of rotatable bonds is 2. The zero-order valence-corrected chi connectivity index (χ0v) is 5.94. The van der Waals surface area contributed by atoms with E-state index in [-0.39, 0.29) is 11.4 Å². The number of aryl methyl sites for hydroxylation is 1. The molecule has 1 rings (SSSR count). The van der Waals surface area contributed by atoms with Crippen LogP contribution in [0.2, 0.25) is 0 Å². The highest BCUT2D eigenvalue weighted by atomic mass is 16.1. The normalized spacial score (nSPS) is 9.18. The molecule has 0 radical (unpaired) electrons. The maximum absolute atomic E-state index is 10.3. The lowest BCUT2D eigenvalue weighted by Crippen LogP contribution is -1.98. The first-order valence-corrected chi connectivity index (χ1v) is 3.02. The van der Waals surface area contributed by atoms with E-state index in [0.29, 0.717) is 18.3 Å². The number of aromatic nitrogens is 2. The van der Waals surface area contributed by atoms with E-state index in [1.165, 1.54) is 6.20 Å². The fourth-order valence-electron chi connectivity index (χ4n) is 0.646. The Morgan fingerprint density at radius 1 is 1.36 bits per heavy atom. The lowest BCUT2D eigenvalue weighted by Gasteiger charge is -1.94. The average Bonchev–Trinajstić information content (AvgIpc) is 2.05. The predicted octanol–water partition coefficient (Wildman–Crippen LogP) is 0.410. The smallest absolute Gasteiger partial charge is 0.170 e. The van der Waals surface area contributed by atoms with Crippen molar-refractivity contribution in [1.82, 2.24) is 9.97 Å². The van der Waals surface area contributed by atoms with Crippen molar-refractivity contribution in [2.75, 3.05) is 0 Å². The third-order valence-electron chi connectivity index (χ3n) is 1.24. The van der Waals surface area contributed by atoms with E-state index < -0.39 is 0 Å². The Morgan fingerprint density at radius 3 is 2.64 bits per heavy atom. The predicted molar refractivity (Wildman–Crippen MR) is 37.5 cm³/mol. The van der Waals surface area contributed by atoms with Crippen LogP contribution in [0.25, 0.3) is 0 Å². The largest absolute Gasteiger partial charge is 0.296 e. The van der Waals surface area contributed by atoms with Gasteiger partial charge < -0.3 is 0 Å². The van der Waals surface area contributed by atoms with Gasteiger partial charge in [0.15, 0.2) is 12.6 Å². The fraction of sp³-hybridized carbons (Fsp3) is 0.143. The van der Waals surface area contributed by atoms with Crippen LogP contribution < -0.4 is 0 Å². The number of carbonyl (C=O) groups is 2. The number of nitrogens with zero attached hydrogens (tertiary/aromatic N) is 2. The molecule has 56 valence electrons. The van der Waals surface area contributed by atoms with E-state index >= 15 is 0 Å². The third-order valence-corrected chi connectivity index (χ3v) is 1.24.